The zero-order chi connectivity index (χ0) is 20.0. The molecule has 0 saturated carbocycles. The number of hydrogen-bond donors (Lipinski definition) is 1. The van der Waals surface area contributed by atoms with E-state index in [0.29, 0.717) is 33.7 Å². The molecule has 5 aromatic rings. The van der Waals surface area contributed by atoms with Crippen LogP contribution in [0.3, 0.4) is 0 Å². The summed E-state index contributed by atoms with van der Waals surface area (Å²) in [4.78, 5) is 28.2. The van der Waals surface area contributed by atoms with Crippen molar-refractivity contribution in [2.75, 3.05) is 0 Å². The monoisotopic (exact) mass is 379 g/mol. The van der Waals surface area contributed by atoms with Crippen LogP contribution in [-0.2, 0) is 0 Å². The Morgan fingerprint density at radius 3 is 2.76 bits per heavy atom. The Balaban J connectivity index is 1.86. The molecule has 0 amide bonds. The SMILES string of the molecule is Cc1c(C#N)cccc1-c1nc2[nH]c(=O)ccc2nc1-c1ccc2ncoc2c1. The number of aromatic amines is 1. The fraction of sp³-hybridized carbons (Fsp3) is 0.0455. The molecule has 138 valence electrons. The Morgan fingerprint density at radius 1 is 1.03 bits per heavy atom. The number of nitrogens with one attached hydrogen (secondary N) is 1. The van der Waals surface area contributed by atoms with E-state index < -0.39 is 0 Å². The Hall–Kier alpha value is -4.31. The maximum Gasteiger partial charge on any atom is 0.249 e. The minimum Gasteiger partial charge on any atom is -0.443 e. The van der Waals surface area contributed by atoms with Gasteiger partial charge in [0.1, 0.15) is 11.0 Å². The molecule has 0 aliphatic carbocycles. The average Bonchev–Trinajstić information content (AvgIpc) is 3.21. The van der Waals surface area contributed by atoms with Gasteiger partial charge in [-0.25, -0.2) is 15.0 Å². The van der Waals surface area contributed by atoms with E-state index in [1.54, 1.807) is 12.1 Å². The molecule has 29 heavy (non-hydrogen) atoms. The molecule has 0 spiro atoms. The van der Waals surface area contributed by atoms with Crippen molar-refractivity contribution in [1.82, 2.24) is 19.9 Å². The minimum atomic E-state index is -0.254. The molecule has 5 rings (SSSR count). The molecule has 0 atom stereocenters. The van der Waals surface area contributed by atoms with Crippen LogP contribution in [0.25, 0.3) is 44.8 Å². The van der Waals surface area contributed by atoms with E-state index in [0.717, 1.165) is 22.2 Å². The van der Waals surface area contributed by atoms with E-state index >= 15 is 0 Å². The fourth-order valence-electron chi connectivity index (χ4n) is 3.37. The summed E-state index contributed by atoms with van der Waals surface area (Å²) >= 11 is 0. The van der Waals surface area contributed by atoms with E-state index in [4.69, 9.17) is 14.4 Å². The number of rotatable bonds is 2. The molecule has 0 radical (unpaired) electrons. The van der Waals surface area contributed by atoms with Crippen molar-refractivity contribution < 1.29 is 4.42 Å². The van der Waals surface area contributed by atoms with Gasteiger partial charge in [0.05, 0.1) is 23.0 Å². The third kappa shape index (κ3) is 2.75. The molecular formula is C22H13N5O2. The first-order valence-corrected chi connectivity index (χ1v) is 8.89. The Bertz CT molecular complexity index is 1510. The van der Waals surface area contributed by atoms with Gasteiger partial charge in [0.2, 0.25) is 5.56 Å². The molecule has 7 heteroatoms. The number of benzene rings is 2. The predicted octanol–water partition coefficient (Wildman–Crippen LogP) is 3.97. The van der Waals surface area contributed by atoms with Crippen molar-refractivity contribution in [3.63, 3.8) is 0 Å². The number of fused-ring (bicyclic) bond motifs is 2. The summed E-state index contributed by atoms with van der Waals surface area (Å²) in [5.41, 5.74) is 6.21. The molecule has 0 aliphatic heterocycles. The zero-order valence-electron chi connectivity index (χ0n) is 15.3. The standard InChI is InChI=1S/C22H13N5O2/c1-12-14(10-23)3-2-4-15(12)21-20(13-5-6-16-18(9-13)29-11-24-16)25-17-7-8-19(28)26-22(17)27-21/h2-9,11H,1H3,(H,26,27,28). The summed E-state index contributed by atoms with van der Waals surface area (Å²) in [6, 6.07) is 16.3. The van der Waals surface area contributed by atoms with Crippen molar-refractivity contribution >= 4 is 22.3 Å². The number of hydrogen-bond acceptors (Lipinski definition) is 6. The molecule has 0 aliphatic rings. The van der Waals surface area contributed by atoms with E-state index in [9.17, 15) is 10.1 Å². The smallest absolute Gasteiger partial charge is 0.249 e. The molecule has 3 heterocycles. The highest BCUT2D eigenvalue weighted by Crippen LogP contribution is 2.34. The highest BCUT2D eigenvalue weighted by molar-refractivity contribution is 5.88. The van der Waals surface area contributed by atoms with Gasteiger partial charge in [0, 0.05) is 17.2 Å². The lowest BCUT2D eigenvalue weighted by Crippen LogP contribution is -2.06. The number of nitriles is 1. The van der Waals surface area contributed by atoms with Crippen molar-refractivity contribution in [3.8, 4) is 28.6 Å². The van der Waals surface area contributed by atoms with Gasteiger partial charge in [0.15, 0.2) is 17.6 Å². The minimum absolute atomic E-state index is 0.254. The normalized spacial score (nSPS) is 11.0. The van der Waals surface area contributed by atoms with Crippen LogP contribution in [0.5, 0.6) is 0 Å². The Morgan fingerprint density at radius 2 is 1.90 bits per heavy atom. The maximum absolute atomic E-state index is 11.8. The quantitative estimate of drug-likeness (QED) is 0.497. The summed E-state index contributed by atoms with van der Waals surface area (Å²) in [6.45, 7) is 1.87. The number of oxazole rings is 1. The lowest BCUT2D eigenvalue weighted by Gasteiger charge is -2.13. The third-order valence-electron chi connectivity index (χ3n) is 4.87. The molecule has 0 bridgehead atoms. The van der Waals surface area contributed by atoms with Crippen molar-refractivity contribution in [2.45, 2.75) is 6.92 Å². The first-order valence-electron chi connectivity index (χ1n) is 8.89. The van der Waals surface area contributed by atoms with Crippen LogP contribution in [-0.4, -0.2) is 19.9 Å². The van der Waals surface area contributed by atoms with Crippen molar-refractivity contribution in [2.24, 2.45) is 0 Å². The van der Waals surface area contributed by atoms with E-state index in [-0.39, 0.29) is 5.56 Å². The highest BCUT2D eigenvalue weighted by atomic mass is 16.3. The van der Waals surface area contributed by atoms with Gasteiger partial charge in [-0.2, -0.15) is 5.26 Å². The topological polar surface area (TPSA) is 108 Å². The van der Waals surface area contributed by atoms with Gasteiger partial charge in [-0.3, -0.25) is 4.79 Å². The Kier molecular flexibility index (Phi) is 3.71. The van der Waals surface area contributed by atoms with Crippen LogP contribution in [0, 0.1) is 18.3 Å². The van der Waals surface area contributed by atoms with Gasteiger partial charge in [-0.15, -0.1) is 0 Å². The summed E-state index contributed by atoms with van der Waals surface area (Å²) in [5.74, 6) is 0. The third-order valence-corrected chi connectivity index (χ3v) is 4.87. The van der Waals surface area contributed by atoms with Gasteiger partial charge in [-0.1, -0.05) is 18.2 Å². The van der Waals surface area contributed by atoms with Crippen molar-refractivity contribution in [1.29, 1.82) is 5.26 Å². The molecule has 7 nitrogen and oxygen atoms in total. The van der Waals surface area contributed by atoms with E-state index in [2.05, 4.69) is 16.0 Å². The predicted molar refractivity (Wildman–Crippen MR) is 108 cm³/mol. The number of nitrogens with zero attached hydrogens (tertiary/aromatic N) is 4. The first kappa shape index (κ1) is 16.8. The summed E-state index contributed by atoms with van der Waals surface area (Å²) in [6.07, 6.45) is 1.40. The van der Waals surface area contributed by atoms with Crippen LogP contribution in [0.4, 0.5) is 0 Å². The maximum atomic E-state index is 11.8. The summed E-state index contributed by atoms with van der Waals surface area (Å²) in [5, 5.41) is 9.43. The highest BCUT2D eigenvalue weighted by Gasteiger charge is 2.17. The Labute approximate surface area is 164 Å². The van der Waals surface area contributed by atoms with Gasteiger partial charge < -0.3 is 9.40 Å². The second-order valence-corrected chi connectivity index (χ2v) is 6.60. The zero-order valence-corrected chi connectivity index (χ0v) is 15.3. The lowest BCUT2D eigenvalue weighted by atomic mass is 9.97. The van der Waals surface area contributed by atoms with Crippen LogP contribution < -0.4 is 5.56 Å². The number of aromatic nitrogens is 4. The molecule has 0 fully saturated rings. The second kappa shape index (κ2) is 6.39. The van der Waals surface area contributed by atoms with Gasteiger partial charge in [0.25, 0.3) is 0 Å². The van der Waals surface area contributed by atoms with Crippen LogP contribution in [0.1, 0.15) is 11.1 Å². The van der Waals surface area contributed by atoms with Crippen LogP contribution in [0.2, 0.25) is 0 Å². The van der Waals surface area contributed by atoms with Crippen LogP contribution >= 0.6 is 0 Å². The fourth-order valence-corrected chi connectivity index (χ4v) is 3.37. The molecule has 2 aromatic carbocycles. The van der Waals surface area contributed by atoms with Gasteiger partial charge >= 0.3 is 0 Å². The lowest BCUT2D eigenvalue weighted by molar-refractivity contribution is 0.602. The molecule has 1 N–H and O–H groups in total. The molecule has 3 aromatic heterocycles. The van der Waals surface area contributed by atoms with Crippen molar-refractivity contribution in [3.05, 3.63) is 76.4 Å². The number of H-pyrrole nitrogens is 1. The largest absolute Gasteiger partial charge is 0.443 e. The average molecular weight is 379 g/mol. The van der Waals surface area contributed by atoms with Crippen LogP contribution in [0.15, 0.2) is 64.1 Å². The van der Waals surface area contributed by atoms with E-state index in [1.807, 2.05) is 37.3 Å². The molecular weight excluding hydrogens is 366 g/mol. The number of pyridine rings is 1. The van der Waals surface area contributed by atoms with E-state index in [1.165, 1.54) is 12.5 Å². The summed E-state index contributed by atoms with van der Waals surface area (Å²) < 4.78 is 5.44. The second-order valence-electron chi connectivity index (χ2n) is 6.60. The van der Waals surface area contributed by atoms with Gasteiger partial charge in [-0.05, 0) is 36.8 Å². The molecule has 0 unspecified atom stereocenters. The molecule has 0 saturated heterocycles. The summed E-state index contributed by atoms with van der Waals surface area (Å²) in [7, 11) is 0. The first-order chi connectivity index (χ1) is 14.1.